The molecule has 7 nitrogen and oxygen atoms in total. The Labute approximate surface area is 195 Å². The maximum Gasteiger partial charge on any atom is 0.266 e. The number of anilines is 2. The Morgan fingerprint density at radius 1 is 1.15 bits per heavy atom. The van der Waals surface area contributed by atoms with Crippen LogP contribution in [0.5, 0.6) is 0 Å². The highest BCUT2D eigenvalue weighted by molar-refractivity contribution is 6.31. The van der Waals surface area contributed by atoms with Crippen LogP contribution in [0, 0.1) is 24.1 Å². The van der Waals surface area contributed by atoms with Crippen LogP contribution >= 0.6 is 11.6 Å². The number of nitrogens with one attached hydrogen (secondary N) is 1. The molecule has 1 amide bonds. The summed E-state index contributed by atoms with van der Waals surface area (Å²) in [6, 6.07) is 15.0. The largest absolute Gasteiger partial charge is 0.378 e. The van der Waals surface area contributed by atoms with E-state index in [9.17, 15) is 14.4 Å². The van der Waals surface area contributed by atoms with Gasteiger partial charge in [0.15, 0.2) is 0 Å². The number of hydrogen-bond acceptors (Lipinski definition) is 5. The average Bonchev–Trinajstić information content (AvgIpc) is 3.12. The molecule has 33 heavy (non-hydrogen) atoms. The van der Waals surface area contributed by atoms with Gasteiger partial charge in [-0.1, -0.05) is 11.6 Å². The highest BCUT2D eigenvalue weighted by Gasteiger charge is 2.17. The lowest BCUT2D eigenvalue weighted by atomic mass is 10.1. The number of ether oxygens (including phenoxy) is 1. The number of carbonyl (C=O) groups is 1. The summed E-state index contributed by atoms with van der Waals surface area (Å²) in [6.07, 6.45) is 1.40. The van der Waals surface area contributed by atoms with Crippen molar-refractivity contribution in [3.63, 3.8) is 0 Å². The fourth-order valence-electron chi connectivity index (χ4n) is 3.50. The van der Waals surface area contributed by atoms with Crippen molar-refractivity contribution in [2.45, 2.75) is 6.92 Å². The first-order valence-corrected chi connectivity index (χ1v) is 10.7. The van der Waals surface area contributed by atoms with Crippen molar-refractivity contribution in [1.82, 2.24) is 9.78 Å². The Bertz CT molecular complexity index is 1220. The second-order valence-corrected chi connectivity index (χ2v) is 7.81. The number of hydrogen-bond donors (Lipinski definition) is 1. The third-order valence-corrected chi connectivity index (χ3v) is 5.64. The Kier molecular flexibility index (Phi) is 6.73. The van der Waals surface area contributed by atoms with Gasteiger partial charge in [0, 0.05) is 30.0 Å². The second-order valence-electron chi connectivity index (χ2n) is 7.45. The molecule has 1 aromatic heterocycles. The molecule has 1 aliphatic rings. The highest BCUT2D eigenvalue weighted by atomic mass is 35.5. The van der Waals surface area contributed by atoms with E-state index in [1.165, 1.54) is 22.9 Å². The molecular weight excluding hydrogens is 445 g/mol. The fourth-order valence-corrected chi connectivity index (χ4v) is 3.82. The van der Waals surface area contributed by atoms with Crippen LogP contribution in [0.1, 0.15) is 11.3 Å². The number of morpholine rings is 1. The van der Waals surface area contributed by atoms with Crippen molar-refractivity contribution in [3.05, 3.63) is 76.3 Å². The second kappa shape index (κ2) is 9.86. The van der Waals surface area contributed by atoms with Crippen LogP contribution in [-0.4, -0.2) is 42.0 Å². The van der Waals surface area contributed by atoms with Crippen molar-refractivity contribution in [2.24, 2.45) is 0 Å². The van der Waals surface area contributed by atoms with Gasteiger partial charge in [-0.15, -0.1) is 0 Å². The molecule has 0 saturated carbocycles. The minimum Gasteiger partial charge on any atom is -0.378 e. The molecule has 2 heterocycles. The van der Waals surface area contributed by atoms with Crippen LogP contribution in [0.4, 0.5) is 15.8 Å². The molecule has 168 valence electrons. The average molecular weight is 466 g/mol. The molecule has 0 spiro atoms. The van der Waals surface area contributed by atoms with Gasteiger partial charge in [-0.2, -0.15) is 10.4 Å². The van der Waals surface area contributed by atoms with Gasteiger partial charge in [-0.3, -0.25) is 4.79 Å². The zero-order valence-corrected chi connectivity index (χ0v) is 18.6. The topological polar surface area (TPSA) is 83.2 Å². The van der Waals surface area contributed by atoms with Crippen molar-refractivity contribution in [1.29, 1.82) is 5.26 Å². The van der Waals surface area contributed by atoms with Crippen molar-refractivity contribution in [2.75, 3.05) is 36.5 Å². The molecule has 1 saturated heterocycles. The molecule has 1 fully saturated rings. The number of nitriles is 1. The van der Waals surface area contributed by atoms with Crippen LogP contribution in [0.15, 0.2) is 54.1 Å². The predicted molar refractivity (Wildman–Crippen MR) is 125 cm³/mol. The van der Waals surface area contributed by atoms with E-state index in [-0.39, 0.29) is 16.5 Å². The molecule has 3 aromatic rings. The smallest absolute Gasteiger partial charge is 0.266 e. The lowest BCUT2D eigenvalue weighted by Gasteiger charge is -2.28. The summed E-state index contributed by atoms with van der Waals surface area (Å²) in [4.78, 5) is 14.9. The van der Waals surface area contributed by atoms with Gasteiger partial charge in [0.05, 0.1) is 24.6 Å². The minimum atomic E-state index is -0.554. The highest BCUT2D eigenvalue weighted by Crippen LogP contribution is 2.26. The Morgan fingerprint density at radius 2 is 1.79 bits per heavy atom. The van der Waals surface area contributed by atoms with E-state index in [1.54, 1.807) is 31.2 Å². The molecule has 4 rings (SSSR count). The first-order chi connectivity index (χ1) is 16.0. The number of amides is 1. The van der Waals surface area contributed by atoms with E-state index in [0.29, 0.717) is 35.8 Å². The third-order valence-electron chi connectivity index (χ3n) is 5.27. The normalized spacial score (nSPS) is 14.1. The zero-order chi connectivity index (χ0) is 23.4. The van der Waals surface area contributed by atoms with Crippen LogP contribution in [-0.2, 0) is 9.53 Å². The Hall–Kier alpha value is -3.67. The van der Waals surface area contributed by atoms with Crippen molar-refractivity contribution < 1.29 is 13.9 Å². The van der Waals surface area contributed by atoms with Gasteiger partial charge in [0.2, 0.25) is 0 Å². The van der Waals surface area contributed by atoms with E-state index < -0.39 is 5.91 Å². The van der Waals surface area contributed by atoms with Gasteiger partial charge in [0.25, 0.3) is 5.91 Å². The van der Waals surface area contributed by atoms with Crippen LogP contribution in [0.25, 0.3) is 11.8 Å². The monoisotopic (exact) mass is 465 g/mol. The molecule has 9 heteroatoms. The summed E-state index contributed by atoms with van der Waals surface area (Å²) in [5, 5.41) is 16.9. The Morgan fingerprint density at radius 3 is 2.42 bits per heavy atom. The molecule has 0 atom stereocenters. The van der Waals surface area contributed by atoms with E-state index >= 15 is 0 Å². The van der Waals surface area contributed by atoms with Gasteiger partial charge in [-0.25, -0.2) is 9.07 Å². The van der Waals surface area contributed by atoms with E-state index in [4.69, 9.17) is 16.3 Å². The number of carbonyl (C=O) groups excluding carboxylic acids is 1. The standard InChI is InChI=1S/C24H21ClFN5O2/c1-16-22(23(25)31(29-16)21-6-2-18(26)3-7-21)14-17(15-27)24(32)28-19-4-8-20(9-5-19)30-10-12-33-13-11-30/h2-9,14H,10-13H2,1H3,(H,28,32). The molecule has 1 aliphatic heterocycles. The van der Waals surface area contributed by atoms with Crippen LogP contribution in [0.3, 0.4) is 0 Å². The first kappa shape index (κ1) is 22.5. The molecule has 0 bridgehead atoms. The van der Waals surface area contributed by atoms with E-state index in [2.05, 4.69) is 15.3 Å². The lowest BCUT2D eigenvalue weighted by Crippen LogP contribution is -2.36. The summed E-state index contributed by atoms with van der Waals surface area (Å²) in [7, 11) is 0. The lowest BCUT2D eigenvalue weighted by molar-refractivity contribution is -0.112. The number of aryl methyl sites for hydroxylation is 1. The number of nitrogens with zero attached hydrogens (tertiary/aromatic N) is 4. The minimum absolute atomic E-state index is 0.115. The predicted octanol–water partition coefficient (Wildman–Crippen LogP) is 4.36. The molecule has 1 N–H and O–H groups in total. The molecular formula is C24H21ClFN5O2. The molecule has 0 unspecified atom stereocenters. The SMILES string of the molecule is Cc1nn(-c2ccc(F)cc2)c(Cl)c1C=C(C#N)C(=O)Nc1ccc(N2CCOCC2)cc1. The molecule has 0 radical (unpaired) electrons. The maximum atomic E-state index is 13.2. The quantitative estimate of drug-likeness (QED) is 0.447. The van der Waals surface area contributed by atoms with Gasteiger partial charge < -0.3 is 15.0 Å². The van der Waals surface area contributed by atoms with E-state index in [1.807, 2.05) is 18.2 Å². The van der Waals surface area contributed by atoms with Gasteiger partial charge >= 0.3 is 0 Å². The third kappa shape index (κ3) is 5.06. The van der Waals surface area contributed by atoms with Crippen molar-refractivity contribution in [3.8, 4) is 11.8 Å². The molecule has 0 aliphatic carbocycles. The fraction of sp³-hybridized carbons (Fsp3) is 0.208. The van der Waals surface area contributed by atoms with E-state index in [0.717, 1.165) is 18.8 Å². The summed E-state index contributed by atoms with van der Waals surface area (Å²) in [5.41, 5.74) is 3.03. The Balaban J connectivity index is 1.52. The zero-order valence-electron chi connectivity index (χ0n) is 17.9. The summed E-state index contributed by atoms with van der Waals surface area (Å²) in [5.74, 6) is -0.929. The van der Waals surface area contributed by atoms with Crippen LogP contribution in [0.2, 0.25) is 5.15 Å². The van der Waals surface area contributed by atoms with Crippen LogP contribution < -0.4 is 10.2 Å². The maximum absolute atomic E-state index is 13.2. The summed E-state index contributed by atoms with van der Waals surface area (Å²) >= 11 is 6.47. The number of benzene rings is 2. The summed E-state index contributed by atoms with van der Waals surface area (Å²) in [6.45, 7) is 4.73. The number of halogens is 2. The number of aromatic nitrogens is 2. The number of rotatable bonds is 5. The molecule has 2 aromatic carbocycles. The van der Waals surface area contributed by atoms with Crippen molar-refractivity contribution >= 4 is 35.0 Å². The van der Waals surface area contributed by atoms with Gasteiger partial charge in [-0.05, 0) is 61.5 Å². The first-order valence-electron chi connectivity index (χ1n) is 10.3. The summed E-state index contributed by atoms with van der Waals surface area (Å²) < 4.78 is 20.0. The van der Waals surface area contributed by atoms with Gasteiger partial charge in [0.1, 0.15) is 22.6 Å².